The van der Waals surface area contributed by atoms with E-state index in [1.807, 2.05) is 91.0 Å². The molecule has 296 valence electrons. The molecule has 8 heteroatoms. The fourth-order valence-corrected chi connectivity index (χ4v) is 7.09. The van der Waals surface area contributed by atoms with E-state index >= 15 is 0 Å². The Hall–Kier alpha value is -4.21. The second-order valence-corrected chi connectivity index (χ2v) is 14.8. The van der Waals surface area contributed by atoms with Gasteiger partial charge in [0, 0.05) is 29.9 Å². The van der Waals surface area contributed by atoms with E-state index in [4.69, 9.17) is 14.2 Å². The molecule has 0 radical (unpaired) electrons. The van der Waals surface area contributed by atoms with Crippen LogP contribution in [0.15, 0.2) is 103 Å². The van der Waals surface area contributed by atoms with E-state index in [9.17, 15) is 9.90 Å². The summed E-state index contributed by atoms with van der Waals surface area (Å²) in [6, 6.07) is 32.3. The number of para-hydroxylation sites is 1. The average Bonchev–Trinajstić information content (AvgIpc) is 3.21. The van der Waals surface area contributed by atoms with Crippen LogP contribution in [0.1, 0.15) is 126 Å². The fraction of sp³-hybridized carbons (Fsp3) is 0.468. The number of nitrogens with zero attached hydrogens (tertiary/aromatic N) is 1. The SMILES string of the molecule is CCCCCCCCN(CCCCCCCC)C[C@H]1C[C@@H](c2ccc(CO)cc2)O[C@@H](c2ccc(NC(=O)Nc3ccc(Oc4ccccc4)cc3)cc2)O1. The minimum atomic E-state index is -0.550. The van der Waals surface area contributed by atoms with E-state index in [2.05, 4.69) is 41.5 Å². The van der Waals surface area contributed by atoms with E-state index in [1.165, 1.54) is 77.0 Å². The molecule has 2 amide bonds. The van der Waals surface area contributed by atoms with Gasteiger partial charge in [-0.1, -0.05) is 133 Å². The molecule has 0 aliphatic carbocycles. The predicted molar refractivity (Wildman–Crippen MR) is 224 cm³/mol. The van der Waals surface area contributed by atoms with E-state index < -0.39 is 6.29 Å². The second-order valence-electron chi connectivity index (χ2n) is 14.8. The summed E-state index contributed by atoms with van der Waals surface area (Å²) in [5.74, 6) is 1.44. The van der Waals surface area contributed by atoms with Gasteiger partial charge in [-0.15, -0.1) is 0 Å². The molecule has 5 rings (SSSR count). The zero-order valence-corrected chi connectivity index (χ0v) is 33.1. The van der Waals surface area contributed by atoms with Crippen LogP contribution < -0.4 is 15.4 Å². The number of urea groups is 1. The Kier molecular flexibility index (Phi) is 18.0. The maximum Gasteiger partial charge on any atom is 0.323 e. The molecule has 1 aliphatic rings. The number of hydrogen-bond donors (Lipinski definition) is 3. The van der Waals surface area contributed by atoms with E-state index in [1.54, 1.807) is 0 Å². The van der Waals surface area contributed by atoms with Crippen molar-refractivity contribution >= 4 is 17.4 Å². The van der Waals surface area contributed by atoms with E-state index in [0.717, 1.165) is 48.5 Å². The zero-order chi connectivity index (χ0) is 38.5. The average molecular weight is 750 g/mol. The van der Waals surface area contributed by atoms with Gasteiger partial charge in [0.05, 0.1) is 18.8 Å². The number of aliphatic hydroxyl groups excluding tert-OH is 1. The molecule has 8 nitrogen and oxygen atoms in total. The Bertz CT molecular complexity index is 1620. The Morgan fingerprint density at radius 1 is 0.655 bits per heavy atom. The molecule has 4 aromatic rings. The topological polar surface area (TPSA) is 92.3 Å². The number of amides is 2. The third kappa shape index (κ3) is 14.8. The summed E-state index contributed by atoms with van der Waals surface area (Å²) in [6.45, 7) is 7.61. The summed E-state index contributed by atoms with van der Waals surface area (Å²) < 4.78 is 19.3. The van der Waals surface area contributed by atoms with Gasteiger partial charge in [0.2, 0.25) is 0 Å². The summed E-state index contributed by atoms with van der Waals surface area (Å²) in [5, 5.41) is 15.5. The summed E-state index contributed by atoms with van der Waals surface area (Å²) >= 11 is 0. The molecule has 1 fully saturated rings. The number of rotatable bonds is 23. The molecule has 0 saturated carbocycles. The van der Waals surface area contributed by atoms with Crippen LogP contribution in [0.3, 0.4) is 0 Å². The van der Waals surface area contributed by atoms with Crippen LogP contribution >= 0.6 is 0 Å². The van der Waals surface area contributed by atoms with Crippen molar-refractivity contribution in [3.63, 3.8) is 0 Å². The van der Waals surface area contributed by atoms with Crippen molar-refractivity contribution in [2.24, 2.45) is 0 Å². The number of carbonyl (C=O) groups is 1. The first-order valence-electron chi connectivity index (χ1n) is 20.8. The Morgan fingerprint density at radius 3 is 1.76 bits per heavy atom. The molecular weight excluding hydrogens is 687 g/mol. The van der Waals surface area contributed by atoms with Gasteiger partial charge in [-0.25, -0.2) is 4.79 Å². The molecule has 1 aliphatic heterocycles. The number of ether oxygens (including phenoxy) is 3. The Morgan fingerprint density at radius 2 is 1.18 bits per heavy atom. The third-order valence-corrected chi connectivity index (χ3v) is 10.3. The standard InChI is InChI=1S/C47H63N3O5/c1-3-5-7-9-11-16-32-50(33-17-12-10-8-6-4-2)35-44-34-45(38-22-20-37(36-51)21-23-38)55-46(54-44)39-24-26-40(27-25-39)48-47(52)49-41-28-30-43(31-29-41)53-42-18-14-13-15-19-42/h13-15,18-31,44-46,51H,3-12,16-17,32-36H2,1-2H3,(H2,48,49,52)/t44-,45+,46+/m1/s1. The molecule has 0 unspecified atom stereocenters. The van der Waals surface area contributed by atoms with Gasteiger partial charge in [-0.2, -0.15) is 0 Å². The van der Waals surface area contributed by atoms with Crippen molar-refractivity contribution in [3.8, 4) is 11.5 Å². The van der Waals surface area contributed by atoms with Crippen molar-refractivity contribution in [3.05, 3.63) is 120 Å². The van der Waals surface area contributed by atoms with Crippen molar-refractivity contribution in [1.29, 1.82) is 0 Å². The first kappa shape index (κ1) is 41.9. The van der Waals surface area contributed by atoms with Crippen LogP contribution in [-0.2, 0) is 16.1 Å². The number of aliphatic hydroxyl groups is 1. The minimum Gasteiger partial charge on any atom is -0.457 e. The highest BCUT2D eigenvalue weighted by Crippen LogP contribution is 2.38. The lowest BCUT2D eigenvalue weighted by Gasteiger charge is -2.38. The maximum absolute atomic E-state index is 12.9. The number of carbonyl (C=O) groups excluding carboxylic acids is 1. The van der Waals surface area contributed by atoms with Crippen LogP contribution in [0.2, 0.25) is 0 Å². The normalized spacial score (nSPS) is 16.9. The molecule has 0 spiro atoms. The quantitative estimate of drug-likeness (QED) is 0.0654. The van der Waals surface area contributed by atoms with Crippen LogP contribution in [-0.4, -0.2) is 41.8 Å². The summed E-state index contributed by atoms with van der Waals surface area (Å²) in [6.07, 6.45) is 15.5. The molecule has 55 heavy (non-hydrogen) atoms. The summed E-state index contributed by atoms with van der Waals surface area (Å²) in [5.41, 5.74) is 4.19. The van der Waals surface area contributed by atoms with Crippen molar-refractivity contribution < 1.29 is 24.1 Å². The smallest absolute Gasteiger partial charge is 0.323 e. The Labute approximate surface area is 329 Å². The molecule has 1 heterocycles. The van der Waals surface area contributed by atoms with Gasteiger partial charge < -0.3 is 34.9 Å². The number of unbranched alkanes of at least 4 members (excludes halogenated alkanes) is 10. The first-order chi connectivity index (χ1) is 27.0. The van der Waals surface area contributed by atoms with Crippen molar-refractivity contribution in [1.82, 2.24) is 4.90 Å². The summed E-state index contributed by atoms with van der Waals surface area (Å²) in [4.78, 5) is 15.5. The van der Waals surface area contributed by atoms with Gasteiger partial charge in [-0.3, -0.25) is 0 Å². The molecular formula is C47H63N3O5. The molecule has 4 aromatic carbocycles. The van der Waals surface area contributed by atoms with Crippen LogP contribution in [0, 0.1) is 0 Å². The minimum absolute atomic E-state index is 0.00508. The van der Waals surface area contributed by atoms with Gasteiger partial charge in [-0.05, 0) is 85.6 Å². The van der Waals surface area contributed by atoms with Crippen LogP contribution in [0.4, 0.5) is 16.2 Å². The first-order valence-corrected chi connectivity index (χ1v) is 20.8. The number of hydrogen-bond acceptors (Lipinski definition) is 6. The number of benzene rings is 4. The molecule has 0 bridgehead atoms. The van der Waals surface area contributed by atoms with E-state index in [-0.39, 0.29) is 24.8 Å². The highest BCUT2D eigenvalue weighted by molar-refractivity contribution is 5.99. The molecule has 1 saturated heterocycles. The zero-order valence-electron chi connectivity index (χ0n) is 33.1. The number of nitrogens with one attached hydrogen (secondary N) is 2. The lowest BCUT2D eigenvalue weighted by atomic mass is 9.99. The van der Waals surface area contributed by atoms with Crippen molar-refractivity contribution in [2.75, 3.05) is 30.3 Å². The Balaban J connectivity index is 1.21. The number of anilines is 2. The van der Waals surface area contributed by atoms with Gasteiger partial charge in [0.15, 0.2) is 6.29 Å². The van der Waals surface area contributed by atoms with Crippen LogP contribution in [0.5, 0.6) is 11.5 Å². The summed E-state index contributed by atoms with van der Waals surface area (Å²) in [7, 11) is 0. The highest BCUT2D eigenvalue weighted by Gasteiger charge is 2.33. The van der Waals surface area contributed by atoms with E-state index in [0.29, 0.717) is 17.1 Å². The monoisotopic (exact) mass is 749 g/mol. The highest BCUT2D eigenvalue weighted by atomic mass is 16.7. The molecule has 3 atom stereocenters. The van der Waals surface area contributed by atoms with Crippen molar-refractivity contribution in [2.45, 2.75) is 122 Å². The predicted octanol–water partition coefficient (Wildman–Crippen LogP) is 12.2. The molecule has 3 N–H and O–H groups in total. The van der Waals surface area contributed by atoms with Gasteiger partial charge in [0.1, 0.15) is 11.5 Å². The largest absolute Gasteiger partial charge is 0.457 e. The third-order valence-electron chi connectivity index (χ3n) is 10.3. The van der Waals surface area contributed by atoms with Gasteiger partial charge >= 0.3 is 6.03 Å². The van der Waals surface area contributed by atoms with Gasteiger partial charge in [0.25, 0.3) is 0 Å². The van der Waals surface area contributed by atoms with Crippen LogP contribution in [0.25, 0.3) is 0 Å². The lowest BCUT2D eigenvalue weighted by molar-refractivity contribution is -0.253. The molecule has 0 aromatic heterocycles. The maximum atomic E-state index is 12.9. The lowest BCUT2D eigenvalue weighted by Crippen LogP contribution is -2.40. The second kappa shape index (κ2) is 23.7. The fourth-order valence-electron chi connectivity index (χ4n) is 7.09.